The molecule has 0 spiro atoms. The molecule has 2 atom stereocenters. The fraction of sp³-hybridized carbons (Fsp3) is 0.200. The molecule has 0 bridgehead atoms. The van der Waals surface area contributed by atoms with Crippen LogP contribution in [0, 0.1) is 0 Å². The van der Waals surface area contributed by atoms with Gasteiger partial charge in [0.05, 0.1) is 6.04 Å². The molecule has 2 rings (SSSR count). The summed E-state index contributed by atoms with van der Waals surface area (Å²) in [4.78, 5) is 2.05. The van der Waals surface area contributed by atoms with Crippen molar-refractivity contribution in [2.45, 2.75) is 12.2 Å². The van der Waals surface area contributed by atoms with E-state index < -0.39 is 6.17 Å². The van der Waals surface area contributed by atoms with E-state index in [4.69, 9.17) is 0 Å². The summed E-state index contributed by atoms with van der Waals surface area (Å²) < 4.78 is 15.3. The second-order valence-corrected chi connectivity index (χ2v) is 5.20. The molecule has 0 aliphatic rings. The lowest BCUT2D eigenvalue weighted by atomic mass is 9.95. The van der Waals surface area contributed by atoms with Gasteiger partial charge in [0.1, 0.15) is 6.17 Å². The summed E-state index contributed by atoms with van der Waals surface area (Å²) in [5, 5.41) is 0. The summed E-state index contributed by atoms with van der Waals surface area (Å²) in [5.74, 6) is 0. The number of benzene rings is 2. The highest BCUT2D eigenvalue weighted by molar-refractivity contribution is 5.26. The van der Waals surface area contributed by atoms with Crippen LogP contribution in [-0.2, 0) is 0 Å². The van der Waals surface area contributed by atoms with Crippen LogP contribution in [0.4, 0.5) is 4.39 Å². The Morgan fingerprint density at radius 3 is 1.73 bits per heavy atom. The zero-order valence-electron chi connectivity index (χ0n) is 12.7. The van der Waals surface area contributed by atoms with Crippen molar-refractivity contribution >= 4 is 0 Å². The zero-order chi connectivity index (χ0) is 15.8. The van der Waals surface area contributed by atoms with Gasteiger partial charge in [-0.15, -0.1) is 13.2 Å². The zero-order valence-corrected chi connectivity index (χ0v) is 12.7. The van der Waals surface area contributed by atoms with Gasteiger partial charge >= 0.3 is 0 Å². The molecule has 0 N–H and O–H groups in total. The van der Waals surface area contributed by atoms with Crippen molar-refractivity contribution in [3.63, 3.8) is 0 Å². The Kier molecular flexibility index (Phi) is 6.11. The smallest absolute Gasteiger partial charge is 0.145 e. The Hall–Kier alpha value is -2.19. The standard InChI is InChI=1S/C20H22FN/c1-3-15-22(16-4-2)20(18-13-9-6-10-14-18)19(21)17-11-7-5-8-12-17/h3-14,19-20H,1-2,15-16H2/t19-,20-/m0/s1. The number of rotatable bonds is 8. The minimum absolute atomic E-state index is 0.361. The minimum atomic E-state index is -1.11. The first kappa shape index (κ1) is 16.2. The second kappa shape index (κ2) is 8.30. The maximum atomic E-state index is 15.3. The van der Waals surface area contributed by atoms with Crippen molar-refractivity contribution in [3.05, 3.63) is 97.1 Å². The third-order valence-corrected chi connectivity index (χ3v) is 3.66. The van der Waals surface area contributed by atoms with Crippen molar-refractivity contribution in [2.75, 3.05) is 13.1 Å². The molecular weight excluding hydrogens is 273 g/mol. The quantitative estimate of drug-likeness (QED) is 0.611. The molecule has 0 radical (unpaired) electrons. The van der Waals surface area contributed by atoms with Crippen LogP contribution in [-0.4, -0.2) is 18.0 Å². The predicted molar refractivity (Wildman–Crippen MR) is 91.4 cm³/mol. The molecule has 2 aromatic carbocycles. The average Bonchev–Trinajstić information content (AvgIpc) is 2.57. The monoisotopic (exact) mass is 295 g/mol. The molecule has 0 fully saturated rings. The Bertz CT molecular complexity index is 569. The number of hydrogen-bond acceptors (Lipinski definition) is 1. The van der Waals surface area contributed by atoms with Crippen LogP contribution in [0.5, 0.6) is 0 Å². The molecule has 1 nitrogen and oxygen atoms in total. The first-order chi connectivity index (χ1) is 10.8. The second-order valence-electron chi connectivity index (χ2n) is 5.20. The highest BCUT2D eigenvalue weighted by Gasteiger charge is 2.29. The molecule has 0 saturated carbocycles. The topological polar surface area (TPSA) is 3.24 Å². The van der Waals surface area contributed by atoms with Gasteiger partial charge in [-0.2, -0.15) is 0 Å². The first-order valence-electron chi connectivity index (χ1n) is 7.47. The van der Waals surface area contributed by atoms with Gasteiger partial charge in [-0.05, 0) is 11.1 Å². The fourth-order valence-electron chi connectivity index (χ4n) is 2.67. The van der Waals surface area contributed by atoms with E-state index in [1.807, 2.05) is 65.6 Å². The molecule has 0 saturated heterocycles. The van der Waals surface area contributed by atoms with E-state index in [-0.39, 0.29) is 6.04 Å². The van der Waals surface area contributed by atoms with Crippen LogP contribution in [0.2, 0.25) is 0 Å². The summed E-state index contributed by atoms with van der Waals surface area (Å²) >= 11 is 0. The number of alkyl halides is 1. The summed E-state index contributed by atoms with van der Waals surface area (Å²) in [6.45, 7) is 8.80. The molecule has 0 aliphatic carbocycles. The SMILES string of the molecule is C=CCN(CC=C)[C@@H](c1ccccc1)[C@@H](F)c1ccccc1. The molecule has 114 valence electrons. The number of hydrogen-bond donors (Lipinski definition) is 0. The van der Waals surface area contributed by atoms with Crippen LogP contribution >= 0.6 is 0 Å². The van der Waals surface area contributed by atoms with Gasteiger partial charge in [-0.1, -0.05) is 72.8 Å². The Labute approximate surface area is 132 Å². The molecule has 22 heavy (non-hydrogen) atoms. The van der Waals surface area contributed by atoms with E-state index in [9.17, 15) is 0 Å². The van der Waals surface area contributed by atoms with E-state index in [1.54, 1.807) is 12.2 Å². The summed E-state index contributed by atoms with van der Waals surface area (Å²) in [5.41, 5.74) is 1.65. The molecule has 0 amide bonds. The van der Waals surface area contributed by atoms with Crippen LogP contribution in [0.1, 0.15) is 23.3 Å². The highest BCUT2D eigenvalue weighted by atomic mass is 19.1. The number of nitrogens with zero attached hydrogens (tertiary/aromatic N) is 1. The third-order valence-electron chi connectivity index (χ3n) is 3.66. The summed E-state index contributed by atoms with van der Waals surface area (Å²) in [7, 11) is 0. The normalized spacial score (nSPS) is 13.5. The lowest BCUT2D eigenvalue weighted by Gasteiger charge is -2.33. The van der Waals surface area contributed by atoms with Gasteiger partial charge in [0.25, 0.3) is 0 Å². The van der Waals surface area contributed by atoms with Gasteiger partial charge in [0.15, 0.2) is 0 Å². The first-order valence-corrected chi connectivity index (χ1v) is 7.47. The van der Waals surface area contributed by atoms with E-state index >= 15 is 4.39 Å². The van der Waals surface area contributed by atoms with Crippen molar-refractivity contribution in [1.82, 2.24) is 4.90 Å². The van der Waals surface area contributed by atoms with Gasteiger partial charge in [-0.3, -0.25) is 4.90 Å². The molecule has 0 aliphatic heterocycles. The lowest BCUT2D eigenvalue weighted by Crippen LogP contribution is -2.32. The fourth-order valence-corrected chi connectivity index (χ4v) is 2.67. The molecular formula is C20H22FN. The highest BCUT2D eigenvalue weighted by Crippen LogP contribution is 2.36. The van der Waals surface area contributed by atoms with Gasteiger partial charge in [-0.25, -0.2) is 4.39 Å². The van der Waals surface area contributed by atoms with Crippen molar-refractivity contribution in [1.29, 1.82) is 0 Å². The van der Waals surface area contributed by atoms with Gasteiger partial charge in [0, 0.05) is 13.1 Å². The maximum absolute atomic E-state index is 15.3. The van der Waals surface area contributed by atoms with E-state index in [0.717, 1.165) is 5.56 Å². The van der Waals surface area contributed by atoms with E-state index in [0.29, 0.717) is 18.7 Å². The Morgan fingerprint density at radius 1 is 0.818 bits per heavy atom. The van der Waals surface area contributed by atoms with Crippen LogP contribution in [0.15, 0.2) is 86.0 Å². The van der Waals surface area contributed by atoms with Crippen LogP contribution in [0.25, 0.3) is 0 Å². The molecule has 0 unspecified atom stereocenters. The minimum Gasteiger partial charge on any atom is -0.286 e. The Morgan fingerprint density at radius 2 is 1.27 bits per heavy atom. The van der Waals surface area contributed by atoms with Crippen LogP contribution in [0.3, 0.4) is 0 Å². The largest absolute Gasteiger partial charge is 0.286 e. The van der Waals surface area contributed by atoms with Crippen LogP contribution < -0.4 is 0 Å². The number of halogens is 1. The van der Waals surface area contributed by atoms with Gasteiger partial charge < -0.3 is 0 Å². The molecule has 0 heterocycles. The van der Waals surface area contributed by atoms with E-state index in [1.165, 1.54) is 0 Å². The summed E-state index contributed by atoms with van der Waals surface area (Å²) in [6.07, 6.45) is 2.50. The van der Waals surface area contributed by atoms with Crippen molar-refractivity contribution < 1.29 is 4.39 Å². The molecule has 2 aromatic rings. The van der Waals surface area contributed by atoms with Crippen molar-refractivity contribution in [2.24, 2.45) is 0 Å². The van der Waals surface area contributed by atoms with E-state index in [2.05, 4.69) is 13.2 Å². The molecule has 2 heteroatoms. The van der Waals surface area contributed by atoms with Crippen molar-refractivity contribution in [3.8, 4) is 0 Å². The molecule has 0 aromatic heterocycles. The lowest BCUT2D eigenvalue weighted by molar-refractivity contribution is 0.133. The summed E-state index contributed by atoms with van der Waals surface area (Å²) in [6, 6.07) is 18.7. The predicted octanol–water partition coefficient (Wildman–Crippen LogP) is 5.11. The third kappa shape index (κ3) is 3.92. The van der Waals surface area contributed by atoms with Gasteiger partial charge in [0.2, 0.25) is 0 Å². The average molecular weight is 295 g/mol. The maximum Gasteiger partial charge on any atom is 0.145 e. The Balaban J connectivity index is 2.40.